The maximum Gasteiger partial charge on any atom is 0.0972 e. The zero-order valence-electron chi connectivity index (χ0n) is 22.8. The molecular formula is C35H26N6. The maximum absolute atomic E-state index is 5.07. The fourth-order valence-electron chi connectivity index (χ4n) is 5.13. The summed E-state index contributed by atoms with van der Waals surface area (Å²) in [7, 11) is 0. The quantitative estimate of drug-likeness (QED) is 0.214. The molecule has 41 heavy (non-hydrogen) atoms. The minimum absolute atomic E-state index is 0.702. The van der Waals surface area contributed by atoms with Crippen LogP contribution in [0.4, 0.5) is 0 Å². The van der Waals surface area contributed by atoms with Gasteiger partial charge in [-0.1, -0.05) is 24.3 Å². The van der Waals surface area contributed by atoms with Crippen molar-refractivity contribution in [3.05, 3.63) is 132 Å². The van der Waals surface area contributed by atoms with Crippen LogP contribution in [-0.4, -0.2) is 29.9 Å². The van der Waals surface area contributed by atoms with Crippen LogP contribution in [0.15, 0.2) is 110 Å². The Balaban J connectivity index is 1.34. The second kappa shape index (κ2) is 10.3. The molecule has 7 aromatic rings. The first kappa shape index (κ1) is 24.7. The average Bonchev–Trinajstić information content (AvgIpc) is 3.01. The van der Waals surface area contributed by atoms with E-state index in [1.54, 1.807) is 0 Å². The Kier molecular flexibility index (Phi) is 6.21. The largest absolute Gasteiger partial charge is 0.255 e. The number of hydrogen-bond acceptors (Lipinski definition) is 6. The van der Waals surface area contributed by atoms with Crippen molar-refractivity contribution >= 4 is 21.8 Å². The Labute approximate surface area is 237 Å². The normalized spacial score (nSPS) is 11.3. The van der Waals surface area contributed by atoms with Crippen LogP contribution in [0.5, 0.6) is 0 Å². The highest BCUT2D eigenvalue weighted by atomic mass is 14.8. The molecule has 6 nitrogen and oxygen atoms in total. The lowest BCUT2D eigenvalue weighted by atomic mass is 10.0. The highest BCUT2D eigenvalue weighted by Gasteiger charge is 2.13. The van der Waals surface area contributed by atoms with Gasteiger partial charge in [0.1, 0.15) is 0 Å². The molecule has 6 aromatic heterocycles. The van der Waals surface area contributed by atoms with E-state index in [1.165, 1.54) is 0 Å². The summed E-state index contributed by atoms with van der Waals surface area (Å²) in [6.45, 7) is 4.13. The third kappa shape index (κ3) is 5.03. The van der Waals surface area contributed by atoms with Crippen molar-refractivity contribution in [2.45, 2.75) is 20.3 Å². The standard InChI is InChI=1S/C35H26N6/c1-22-9-13-36-29(16-22)31-19-24(11-15-38-31)18-25-20-32(40-33(21-25)30-17-23(2)10-14-37-30)28-8-7-27-6-5-26-4-3-12-39-34(26)35(27)41-28/h3-17,19-21H,18H2,1-2H3. The highest BCUT2D eigenvalue weighted by Crippen LogP contribution is 2.29. The molecule has 196 valence electrons. The molecule has 0 aliphatic heterocycles. The highest BCUT2D eigenvalue weighted by molar-refractivity contribution is 6.03. The molecule has 0 aliphatic carbocycles. The van der Waals surface area contributed by atoms with Gasteiger partial charge in [-0.05, 0) is 103 Å². The summed E-state index contributed by atoms with van der Waals surface area (Å²) in [5.74, 6) is 0. The molecule has 0 atom stereocenters. The molecule has 6 heteroatoms. The van der Waals surface area contributed by atoms with Gasteiger partial charge in [0.15, 0.2) is 0 Å². The number of pyridine rings is 6. The monoisotopic (exact) mass is 530 g/mol. The van der Waals surface area contributed by atoms with Crippen LogP contribution < -0.4 is 0 Å². The van der Waals surface area contributed by atoms with E-state index in [1.807, 2.05) is 49.1 Å². The summed E-state index contributed by atoms with van der Waals surface area (Å²) in [6, 6.07) is 28.8. The Morgan fingerprint density at radius 2 is 1.02 bits per heavy atom. The molecule has 0 unspecified atom stereocenters. The topological polar surface area (TPSA) is 77.3 Å². The number of aryl methyl sites for hydroxylation is 2. The zero-order chi connectivity index (χ0) is 27.8. The zero-order valence-corrected chi connectivity index (χ0v) is 22.8. The van der Waals surface area contributed by atoms with E-state index in [4.69, 9.17) is 9.97 Å². The summed E-state index contributed by atoms with van der Waals surface area (Å²) < 4.78 is 0. The second-order valence-corrected chi connectivity index (χ2v) is 10.3. The molecular weight excluding hydrogens is 504 g/mol. The average molecular weight is 531 g/mol. The molecule has 0 radical (unpaired) electrons. The summed E-state index contributed by atoms with van der Waals surface area (Å²) in [4.78, 5) is 28.5. The Morgan fingerprint density at radius 3 is 1.76 bits per heavy atom. The number of nitrogens with zero attached hydrogens (tertiary/aromatic N) is 6. The maximum atomic E-state index is 5.07. The van der Waals surface area contributed by atoms with E-state index >= 15 is 0 Å². The molecule has 0 saturated heterocycles. The van der Waals surface area contributed by atoms with Crippen LogP contribution in [0.1, 0.15) is 22.3 Å². The molecule has 6 heterocycles. The van der Waals surface area contributed by atoms with Gasteiger partial charge in [-0.2, -0.15) is 0 Å². The summed E-state index contributed by atoms with van der Waals surface area (Å²) in [5, 5.41) is 2.11. The van der Waals surface area contributed by atoms with Crippen molar-refractivity contribution in [1.29, 1.82) is 0 Å². The molecule has 0 bridgehead atoms. The fraction of sp³-hybridized carbons (Fsp3) is 0.0857. The van der Waals surface area contributed by atoms with Crippen molar-refractivity contribution in [2.24, 2.45) is 0 Å². The first-order chi connectivity index (χ1) is 20.1. The van der Waals surface area contributed by atoms with Gasteiger partial charge in [-0.3, -0.25) is 19.9 Å². The van der Waals surface area contributed by atoms with Crippen LogP contribution >= 0.6 is 0 Å². The minimum Gasteiger partial charge on any atom is -0.255 e. The molecule has 0 spiro atoms. The number of aromatic nitrogens is 6. The number of rotatable bonds is 5. The molecule has 0 saturated carbocycles. The van der Waals surface area contributed by atoms with Crippen LogP contribution in [0.3, 0.4) is 0 Å². The molecule has 1 aromatic carbocycles. The lowest BCUT2D eigenvalue weighted by Crippen LogP contribution is -1.98. The van der Waals surface area contributed by atoms with Crippen molar-refractivity contribution in [2.75, 3.05) is 0 Å². The van der Waals surface area contributed by atoms with Crippen molar-refractivity contribution in [1.82, 2.24) is 29.9 Å². The lowest BCUT2D eigenvalue weighted by Gasteiger charge is -2.11. The molecule has 0 fully saturated rings. The summed E-state index contributed by atoms with van der Waals surface area (Å²) >= 11 is 0. The lowest BCUT2D eigenvalue weighted by molar-refractivity contribution is 1.13. The van der Waals surface area contributed by atoms with Gasteiger partial charge in [0, 0.05) is 35.6 Å². The third-order valence-corrected chi connectivity index (χ3v) is 7.17. The van der Waals surface area contributed by atoms with E-state index in [9.17, 15) is 0 Å². The van der Waals surface area contributed by atoms with E-state index < -0.39 is 0 Å². The van der Waals surface area contributed by atoms with Gasteiger partial charge in [0.2, 0.25) is 0 Å². The van der Waals surface area contributed by atoms with Gasteiger partial charge in [0.25, 0.3) is 0 Å². The Bertz CT molecular complexity index is 2070. The number of fused-ring (bicyclic) bond motifs is 3. The van der Waals surface area contributed by atoms with Gasteiger partial charge < -0.3 is 0 Å². The Morgan fingerprint density at radius 1 is 0.439 bits per heavy atom. The van der Waals surface area contributed by atoms with Crippen LogP contribution in [0.25, 0.3) is 56.0 Å². The van der Waals surface area contributed by atoms with E-state index in [0.29, 0.717) is 6.42 Å². The smallest absolute Gasteiger partial charge is 0.0972 e. The van der Waals surface area contributed by atoms with E-state index in [0.717, 1.165) is 78.2 Å². The molecule has 0 aliphatic rings. The number of hydrogen-bond donors (Lipinski definition) is 0. The fourth-order valence-corrected chi connectivity index (χ4v) is 5.13. The van der Waals surface area contributed by atoms with Crippen LogP contribution in [0, 0.1) is 13.8 Å². The van der Waals surface area contributed by atoms with E-state index in [-0.39, 0.29) is 0 Å². The molecule has 0 amide bonds. The summed E-state index contributed by atoms with van der Waals surface area (Å²) in [5.41, 5.74) is 11.3. The van der Waals surface area contributed by atoms with Gasteiger partial charge in [-0.25, -0.2) is 9.97 Å². The number of benzene rings is 1. The van der Waals surface area contributed by atoms with Crippen molar-refractivity contribution < 1.29 is 0 Å². The predicted molar refractivity (Wildman–Crippen MR) is 163 cm³/mol. The van der Waals surface area contributed by atoms with Crippen molar-refractivity contribution in [3.63, 3.8) is 0 Å². The van der Waals surface area contributed by atoms with Gasteiger partial charge >= 0.3 is 0 Å². The van der Waals surface area contributed by atoms with E-state index in [2.05, 4.69) is 94.4 Å². The second-order valence-electron chi connectivity index (χ2n) is 10.3. The van der Waals surface area contributed by atoms with Gasteiger partial charge in [0.05, 0.1) is 45.2 Å². The molecule has 7 rings (SSSR count). The van der Waals surface area contributed by atoms with Crippen molar-refractivity contribution in [3.8, 4) is 34.2 Å². The van der Waals surface area contributed by atoms with Crippen LogP contribution in [-0.2, 0) is 6.42 Å². The van der Waals surface area contributed by atoms with Gasteiger partial charge in [-0.15, -0.1) is 0 Å². The third-order valence-electron chi connectivity index (χ3n) is 7.17. The molecule has 0 N–H and O–H groups in total. The Hall–Kier alpha value is -5.36. The predicted octanol–water partition coefficient (Wildman–Crippen LogP) is 7.57. The first-order valence-corrected chi connectivity index (χ1v) is 13.6. The first-order valence-electron chi connectivity index (χ1n) is 13.6. The minimum atomic E-state index is 0.702. The SMILES string of the molecule is Cc1ccnc(-c2cc(Cc3cc(-c4cc(C)ccn4)nc(-c4ccc5ccc6cccnc6c5n4)c3)ccn2)c1. The summed E-state index contributed by atoms with van der Waals surface area (Å²) in [6.07, 6.45) is 8.02. The van der Waals surface area contributed by atoms with Crippen LogP contribution in [0.2, 0.25) is 0 Å².